The molecule has 2 aromatic carbocycles. The Hall–Kier alpha value is -2.41. The van der Waals surface area contributed by atoms with E-state index in [2.05, 4.69) is 5.32 Å². The number of halogens is 1. The van der Waals surface area contributed by atoms with Gasteiger partial charge in [-0.2, -0.15) is 0 Å². The number of nitrogens with two attached hydrogens (primary N) is 1. The summed E-state index contributed by atoms with van der Waals surface area (Å²) in [6.07, 6.45) is 0.149. The summed E-state index contributed by atoms with van der Waals surface area (Å²) < 4.78 is 5.26. The maximum absolute atomic E-state index is 12.5. The van der Waals surface area contributed by atoms with Gasteiger partial charge in [0.1, 0.15) is 0 Å². The van der Waals surface area contributed by atoms with E-state index in [1.807, 2.05) is 30.3 Å². The molecule has 7 heteroatoms. The van der Waals surface area contributed by atoms with Crippen molar-refractivity contribution in [3.63, 3.8) is 0 Å². The van der Waals surface area contributed by atoms with Gasteiger partial charge in [0.2, 0.25) is 5.91 Å². The summed E-state index contributed by atoms with van der Waals surface area (Å²) in [5.74, 6) is -0.345. The number of morpholine rings is 1. The lowest BCUT2D eigenvalue weighted by molar-refractivity contribution is -0.116. The molecular formula is C20H22ClN3O3. The summed E-state index contributed by atoms with van der Waals surface area (Å²) in [7, 11) is 0. The van der Waals surface area contributed by atoms with Gasteiger partial charge in [0.05, 0.1) is 23.8 Å². The average Bonchev–Trinajstić information content (AvgIpc) is 2.69. The normalized spacial score (nSPS) is 15.3. The third-order valence-corrected chi connectivity index (χ3v) is 4.73. The Morgan fingerprint density at radius 1 is 1.15 bits per heavy atom. The van der Waals surface area contributed by atoms with Gasteiger partial charge in [0, 0.05) is 31.2 Å². The van der Waals surface area contributed by atoms with Crippen LogP contribution in [0.4, 0.5) is 5.69 Å². The standard InChI is InChI=1S/C20H22ClN3O3/c21-17-12-15(6-7-16(17)20(26)24-8-10-27-11-9-24)23-19(25)13-18(22)14-4-2-1-3-5-14/h1-7,12,18H,8-11,13,22H2,(H,23,25). The van der Waals surface area contributed by atoms with E-state index in [1.165, 1.54) is 0 Å². The highest BCUT2D eigenvalue weighted by Crippen LogP contribution is 2.23. The van der Waals surface area contributed by atoms with Crippen LogP contribution in [0.3, 0.4) is 0 Å². The average molecular weight is 388 g/mol. The largest absolute Gasteiger partial charge is 0.378 e. The van der Waals surface area contributed by atoms with Crippen LogP contribution in [0.2, 0.25) is 5.02 Å². The number of benzene rings is 2. The molecule has 0 saturated carbocycles. The molecule has 1 fully saturated rings. The van der Waals surface area contributed by atoms with Crippen molar-refractivity contribution in [3.05, 3.63) is 64.7 Å². The predicted molar refractivity (Wildman–Crippen MR) is 105 cm³/mol. The molecule has 1 atom stereocenters. The number of amides is 2. The van der Waals surface area contributed by atoms with Crippen molar-refractivity contribution in [3.8, 4) is 0 Å². The van der Waals surface area contributed by atoms with Crippen LogP contribution in [0.25, 0.3) is 0 Å². The van der Waals surface area contributed by atoms with Gasteiger partial charge in [-0.1, -0.05) is 41.9 Å². The van der Waals surface area contributed by atoms with Crippen LogP contribution in [-0.2, 0) is 9.53 Å². The minimum atomic E-state index is -0.385. The summed E-state index contributed by atoms with van der Waals surface area (Å²) in [6.45, 7) is 2.15. The second kappa shape index (κ2) is 8.99. The van der Waals surface area contributed by atoms with Gasteiger partial charge < -0.3 is 20.7 Å². The van der Waals surface area contributed by atoms with E-state index >= 15 is 0 Å². The van der Waals surface area contributed by atoms with Gasteiger partial charge in [-0.15, -0.1) is 0 Å². The molecule has 27 heavy (non-hydrogen) atoms. The SMILES string of the molecule is NC(CC(=O)Nc1ccc(C(=O)N2CCOCC2)c(Cl)c1)c1ccccc1. The smallest absolute Gasteiger partial charge is 0.255 e. The Kier molecular flexibility index (Phi) is 6.45. The Bertz CT molecular complexity index is 807. The molecule has 0 spiro atoms. The Balaban J connectivity index is 1.61. The molecule has 2 amide bonds. The monoisotopic (exact) mass is 387 g/mol. The molecule has 0 aromatic heterocycles. The molecule has 3 N–H and O–H groups in total. The third-order valence-electron chi connectivity index (χ3n) is 4.41. The minimum Gasteiger partial charge on any atom is -0.378 e. The van der Waals surface area contributed by atoms with Crippen LogP contribution < -0.4 is 11.1 Å². The van der Waals surface area contributed by atoms with Crippen LogP contribution in [0.5, 0.6) is 0 Å². The fourth-order valence-corrected chi connectivity index (χ4v) is 3.19. The fourth-order valence-electron chi connectivity index (χ4n) is 2.93. The molecule has 1 aliphatic rings. The summed E-state index contributed by atoms with van der Waals surface area (Å²) in [5.41, 5.74) is 7.92. The van der Waals surface area contributed by atoms with E-state index < -0.39 is 0 Å². The Morgan fingerprint density at radius 2 is 1.85 bits per heavy atom. The third kappa shape index (κ3) is 5.07. The van der Waals surface area contributed by atoms with Crippen molar-refractivity contribution in [2.24, 2.45) is 5.73 Å². The number of carbonyl (C=O) groups is 2. The zero-order chi connectivity index (χ0) is 19.2. The first-order valence-corrected chi connectivity index (χ1v) is 9.19. The second-order valence-corrected chi connectivity index (χ2v) is 6.78. The topological polar surface area (TPSA) is 84.7 Å². The maximum Gasteiger partial charge on any atom is 0.255 e. The van der Waals surface area contributed by atoms with Crippen molar-refractivity contribution in [1.29, 1.82) is 0 Å². The summed E-state index contributed by atoms with van der Waals surface area (Å²) in [4.78, 5) is 26.5. The first-order chi connectivity index (χ1) is 13.0. The van der Waals surface area contributed by atoms with Gasteiger partial charge in [-0.25, -0.2) is 0 Å². The van der Waals surface area contributed by atoms with Crippen LogP contribution in [0, 0.1) is 0 Å². The highest BCUT2D eigenvalue weighted by molar-refractivity contribution is 6.34. The molecule has 0 aliphatic carbocycles. The number of nitrogens with zero attached hydrogens (tertiary/aromatic N) is 1. The first-order valence-electron chi connectivity index (χ1n) is 8.81. The van der Waals surface area contributed by atoms with E-state index in [9.17, 15) is 9.59 Å². The molecule has 3 rings (SSSR count). The van der Waals surface area contributed by atoms with Gasteiger partial charge in [0.25, 0.3) is 5.91 Å². The van der Waals surface area contributed by atoms with E-state index in [-0.39, 0.29) is 24.3 Å². The quantitative estimate of drug-likeness (QED) is 0.826. The van der Waals surface area contributed by atoms with Crippen LogP contribution in [-0.4, -0.2) is 43.0 Å². The van der Waals surface area contributed by atoms with E-state index in [0.717, 1.165) is 5.56 Å². The number of carbonyl (C=O) groups excluding carboxylic acids is 2. The van der Waals surface area contributed by atoms with Crippen LogP contribution >= 0.6 is 11.6 Å². The maximum atomic E-state index is 12.5. The van der Waals surface area contributed by atoms with Crippen molar-refractivity contribution in [1.82, 2.24) is 4.90 Å². The minimum absolute atomic E-state index is 0.132. The molecule has 142 valence electrons. The summed E-state index contributed by atoms with van der Waals surface area (Å²) in [6, 6.07) is 14.0. The lowest BCUT2D eigenvalue weighted by Gasteiger charge is -2.27. The molecule has 1 heterocycles. The van der Waals surface area contributed by atoms with Gasteiger partial charge >= 0.3 is 0 Å². The van der Waals surface area contributed by atoms with Crippen molar-refractivity contribution < 1.29 is 14.3 Å². The number of nitrogens with one attached hydrogen (secondary N) is 1. The zero-order valence-electron chi connectivity index (χ0n) is 14.9. The van der Waals surface area contributed by atoms with E-state index in [4.69, 9.17) is 22.1 Å². The molecule has 0 bridgehead atoms. The molecule has 1 saturated heterocycles. The van der Waals surface area contributed by atoms with Crippen molar-refractivity contribution in [2.75, 3.05) is 31.6 Å². The highest BCUT2D eigenvalue weighted by atomic mass is 35.5. The fraction of sp³-hybridized carbons (Fsp3) is 0.300. The Morgan fingerprint density at radius 3 is 2.52 bits per heavy atom. The molecular weight excluding hydrogens is 366 g/mol. The zero-order valence-corrected chi connectivity index (χ0v) is 15.6. The molecule has 1 unspecified atom stereocenters. The predicted octanol–water partition coefficient (Wildman–Crippen LogP) is 2.84. The van der Waals surface area contributed by atoms with Gasteiger partial charge in [-0.05, 0) is 23.8 Å². The first kappa shape index (κ1) is 19.4. The number of ether oxygens (including phenoxy) is 1. The van der Waals surface area contributed by atoms with Gasteiger partial charge in [0.15, 0.2) is 0 Å². The number of hydrogen-bond acceptors (Lipinski definition) is 4. The molecule has 0 radical (unpaired) electrons. The van der Waals surface area contributed by atoms with Crippen molar-refractivity contribution in [2.45, 2.75) is 12.5 Å². The summed E-state index contributed by atoms with van der Waals surface area (Å²) in [5, 5.41) is 3.08. The lowest BCUT2D eigenvalue weighted by Crippen LogP contribution is -2.40. The van der Waals surface area contributed by atoms with E-state index in [0.29, 0.717) is 42.6 Å². The number of rotatable bonds is 5. The molecule has 1 aliphatic heterocycles. The summed E-state index contributed by atoms with van der Waals surface area (Å²) >= 11 is 6.27. The lowest BCUT2D eigenvalue weighted by atomic mass is 10.0. The van der Waals surface area contributed by atoms with E-state index in [1.54, 1.807) is 23.1 Å². The van der Waals surface area contributed by atoms with Gasteiger partial charge in [-0.3, -0.25) is 9.59 Å². The number of hydrogen-bond donors (Lipinski definition) is 2. The Labute approximate surface area is 163 Å². The van der Waals surface area contributed by atoms with Crippen LogP contribution in [0.15, 0.2) is 48.5 Å². The van der Waals surface area contributed by atoms with Crippen molar-refractivity contribution >= 4 is 29.1 Å². The highest BCUT2D eigenvalue weighted by Gasteiger charge is 2.21. The number of anilines is 1. The molecule has 6 nitrogen and oxygen atoms in total. The second-order valence-electron chi connectivity index (χ2n) is 6.37. The van der Waals surface area contributed by atoms with Crippen LogP contribution in [0.1, 0.15) is 28.4 Å². The molecule has 2 aromatic rings.